The summed E-state index contributed by atoms with van der Waals surface area (Å²) in [6, 6.07) is 16.0. The fraction of sp³-hybridized carbons (Fsp3) is 0.280. The first-order chi connectivity index (χ1) is 15.7. The minimum absolute atomic E-state index is 0.109. The van der Waals surface area contributed by atoms with Crippen molar-refractivity contribution in [1.29, 1.82) is 0 Å². The third-order valence-corrected chi connectivity index (χ3v) is 5.94. The maximum atomic E-state index is 12.7. The molecule has 0 spiro atoms. The molecule has 1 aliphatic heterocycles. The Kier molecular flexibility index (Phi) is 5.64. The van der Waals surface area contributed by atoms with Gasteiger partial charge in [0, 0.05) is 56.8 Å². The predicted octanol–water partition coefficient (Wildman–Crippen LogP) is 3.49. The maximum Gasteiger partial charge on any atom is 0.253 e. The highest BCUT2D eigenvalue weighted by Crippen LogP contribution is 2.22. The van der Waals surface area contributed by atoms with Crippen molar-refractivity contribution in [3.05, 3.63) is 89.8 Å². The fourth-order valence-corrected chi connectivity index (χ4v) is 4.21. The molecule has 5 rings (SSSR count). The number of nitrogens with zero attached hydrogens (tertiary/aromatic N) is 4. The average Bonchev–Trinajstić information content (AvgIpc) is 3.44. The van der Waals surface area contributed by atoms with Crippen LogP contribution in [-0.2, 0) is 13.1 Å². The van der Waals surface area contributed by atoms with Crippen molar-refractivity contribution in [1.82, 2.24) is 19.6 Å². The molecule has 4 aromatic rings. The molecule has 7 nitrogen and oxygen atoms in total. The first kappa shape index (κ1) is 20.3. The van der Waals surface area contributed by atoms with Crippen molar-refractivity contribution in [2.45, 2.75) is 20.0 Å². The van der Waals surface area contributed by atoms with Crippen LogP contribution in [0.2, 0.25) is 0 Å². The summed E-state index contributed by atoms with van der Waals surface area (Å²) in [6.07, 6.45) is 5.67. The van der Waals surface area contributed by atoms with Gasteiger partial charge in [0.15, 0.2) is 0 Å². The molecule has 1 saturated heterocycles. The predicted molar refractivity (Wildman–Crippen MR) is 124 cm³/mol. The quantitative estimate of drug-likeness (QED) is 0.508. The number of furan rings is 1. The number of carbonyl (C=O) groups is 1. The van der Waals surface area contributed by atoms with E-state index in [1.54, 1.807) is 0 Å². The molecule has 0 atom stereocenters. The summed E-state index contributed by atoms with van der Waals surface area (Å²) in [5, 5.41) is 2.94. The van der Waals surface area contributed by atoms with Crippen LogP contribution in [0.15, 0.2) is 71.5 Å². The molecule has 1 N–H and O–H groups in total. The van der Waals surface area contributed by atoms with Gasteiger partial charge in [0.2, 0.25) is 0 Å². The van der Waals surface area contributed by atoms with E-state index < -0.39 is 0 Å². The number of piperazine rings is 1. The summed E-state index contributed by atoms with van der Waals surface area (Å²) in [4.78, 5) is 21.8. The SMILES string of the molecule is Cc1ccc(CNC(=O)c2ccc3ccc(N4CCN(Cc5cccnc5)CC4)n3c2)o1. The number of carbonyl (C=O) groups excluding carboxylic acids is 1. The molecular weight excluding hydrogens is 402 g/mol. The van der Waals surface area contributed by atoms with Gasteiger partial charge in [-0.25, -0.2) is 0 Å². The van der Waals surface area contributed by atoms with Crippen molar-refractivity contribution in [3.63, 3.8) is 0 Å². The van der Waals surface area contributed by atoms with Gasteiger partial charge in [0.1, 0.15) is 17.3 Å². The van der Waals surface area contributed by atoms with E-state index in [9.17, 15) is 4.79 Å². The van der Waals surface area contributed by atoms with Crippen molar-refractivity contribution >= 4 is 17.2 Å². The minimum Gasteiger partial charge on any atom is -0.465 e. The summed E-state index contributed by atoms with van der Waals surface area (Å²) < 4.78 is 7.65. The van der Waals surface area contributed by atoms with Gasteiger partial charge in [-0.1, -0.05) is 6.07 Å². The number of amides is 1. The Hall–Kier alpha value is -3.58. The number of aryl methyl sites for hydroxylation is 1. The number of fused-ring (bicyclic) bond motifs is 1. The highest BCUT2D eigenvalue weighted by molar-refractivity contribution is 5.94. The number of nitrogens with one attached hydrogen (secondary N) is 1. The third kappa shape index (κ3) is 4.38. The zero-order chi connectivity index (χ0) is 21.9. The van der Waals surface area contributed by atoms with Crippen molar-refractivity contribution < 1.29 is 9.21 Å². The second-order valence-electron chi connectivity index (χ2n) is 8.22. The van der Waals surface area contributed by atoms with Gasteiger partial charge in [0.05, 0.1) is 12.1 Å². The van der Waals surface area contributed by atoms with Crippen LogP contribution in [0.4, 0.5) is 5.82 Å². The molecule has 1 aliphatic rings. The molecular formula is C25H27N5O2. The van der Waals surface area contributed by atoms with Crippen LogP contribution in [0.1, 0.15) is 27.4 Å². The zero-order valence-electron chi connectivity index (χ0n) is 18.2. The van der Waals surface area contributed by atoms with E-state index in [0.717, 1.165) is 55.6 Å². The van der Waals surface area contributed by atoms with Gasteiger partial charge in [-0.15, -0.1) is 0 Å². The van der Waals surface area contributed by atoms with Crippen LogP contribution in [0, 0.1) is 6.92 Å². The average molecular weight is 430 g/mol. The molecule has 0 bridgehead atoms. The van der Waals surface area contributed by atoms with Crippen molar-refractivity contribution in [3.8, 4) is 0 Å². The molecule has 164 valence electrons. The van der Waals surface area contributed by atoms with Crippen LogP contribution in [0.5, 0.6) is 0 Å². The van der Waals surface area contributed by atoms with E-state index >= 15 is 0 Å². The van der Waals surface area contributed by atoms with E-state index in [2.05, 4.69) is 42.7 Å². The van der Waals surface area contributed by atoms with Gasteiger partial charge in [-0.3, -0.25) is 14.7 Å². The molecule has 0 aliphatic carbocycles. The molecule has 1 amide bonds. The lowest BCUT2D eigenvalue weighted by atomic mass is 10.2. The molecule has 0 radical (unpaired) electrons. The number of aromatic nitrogens is 2. The largest absolute Gasteiger partial charge is 0.465 e. The fourth-order valence-electron chi connectivity index (χ4n) is 4.21. The highest BCUT2D eigenvalue weighted by Gasteiger charge is 2.20. The van der Waals surface area contributed by atoms with Gasteiger partial charge in [-0.2, -0.15) is 0 Å². The number of pyridine rings is 2. The Labute approximate surface area is 187 Å². The number of hydrogen-bond donors (Lipinski definition) is 1. The third-order valence-electron chi connectivity index (χ3n) is 5.94. The van der Waals surface area contributed by atoms with Crippen LogP contribution in [0.3, 0.4) is 0 Å². The Morgan fingerprint density at radius 3 is 2.66 bits per heavy atom. The van der Waals surface area contributed by atoms with E-state index in [-0.39, 0.29) is 5.91 Å². The topological polar surface area (TPSA) is 66.0 Å². The van der Waals surface area contributed by atoms with E-state index in [1.165, 1.54) is 5.56 Å². The smallest absolute Gasteiger partial charge is 0.253 e. The molecule has 7 heteroatoms. The summed E-state index contributed by atoms with van der Waals surface area (Å²) in [7, 11) is 0. The summed E-state index contributed by atoms with van der Waals surface area (Å²) in [5.41, 5.74) is 2.96. The lowest BCUT2D eigenvalue weighted by molar-refractivity contribution is 0.0947. The molecule has 5 heterocycles. The molecule has 1 fully saturated rings. The van der Waals surface area contributed by atoms with Crippen LogP contribution in [-0.4, -0.2) is 46.4 Å². The normalized spacial score (nSPS) is 14.7. The van der Waals surface area contributed by atoms with E-state index in [0.29, 0.717) is 12.1 Å². The second kappa shape index (κ2) is 8.88. The monoisotopic (exact) mass is 429 g/mol. The van der Waals surface area contributed by atoms with Crippen LogP contribution in [0.25, 0.3) is 5.52 Å². The van der Waals surface area contributed by atoms with Crippen LogP contribution >= 0.6 is 0 Å². The lowest BCUT2D eigenvalue weighted by Gasteiger charge is -2.35. The number of hydrogen-bond acceptors (Lipinski definition) is 5. The van der Waals surface area contributed by atoms with Crippen LogP contribution < -0.4 is 10.2 Å². The zero-order valence-corrected chi connectivity index (χ0v) is 18.2. The summed E-state index contributed by atoms with van der Waals surface area (Å²) in [6.45, 7) is 7.07. The molecule has 0 saturated carbocycles. The standard InChI is InChI=1S/C25H27N5O2/c1-19-4-8-23(32-19)16-27-25(31)21-5-6-22-7-9-24(30(22)18-21)29-13-11-28(12-14-29)17-20-3-2-10-26-15-20/h2-10,15,18H,11-14,16-17H2,1H3,(H,27,31). The Morgan fingerprint density at radius 1 is 1.06 bits per heavy atom. The van der Waals surface area contributed by atoms with E-state index in [4.69, 9.17) is 4.42 Å². The summed E-state index contributed by atoms with van der Waals surface area (Å²) in [5.74, 6) is 2.61. The first-order valence-corrected chi connectivity index (χ1v) is 11.0. The lowest BCUT2D eigenvalue weighted by Crippen LogP contribution is -2.46. The Morgan fingerprint density at radius 2 is 1.91 bits per heavy atom. The van der Waals surface area contributed by atoms with Gasteiger partial charge < -0.3 is 19.0 Å². The first-order valence-electron chi connectivity index (χ1n) is 11.0. The van der Waals surface area contributed by atoms with Gasteiger partial charge in [0.25, 0.3) is 5.91 Å². The molecule has 32 heavy (non-hydrogen) atoms. The molecule has 0 unspecified atom stereocenters. The number of rotatable bonds is 6. The van der Waals surface area contributed by atoms with Gasteiger partial charge >= 0.3 is 0 Å². The van der Waals surface area contributed by atoms with Gasteiger partial charge in [-0.05, 0) is 55.0 Å². The molecule has 0 aromatic carbocycles. The minimum atomic E-state index is -0.109. The Balaban J connectivity index is 1.25. The van der Waals surface area contributed by atoms with Crippen molar-refractivity contribution in [2.24, 2.45) is 0 Å². The second-order valence-corrected chi connectivity index (χ2v) is 8.22. The maximum absolute atomic E-state index is 12.7. The Bertz CT molecular complexity index is 1210. The van der Waals surface area contributed by atoms with E-state index in [1.807, 2.05) is 55.8 Å². The van der Waals surface area contributed by atoms with Crippen molar-refractivity contribution in [2.75, 3.05) is 31.1 Å². The summed E-state index contributed by atoms with van der Waals surface area (Å²) >= 11 is 0. The molecule has 4 aromatic heterocycles. The highest BCUT2D eigenvalue weighted by atomic mass is 16.3. The number of anilines is 1.